The number of carbonyl (C=O) groups excluding carboxylic acids is 1. The lowest BCUT2D eigenvalue weighted by Gasteiger charge is -2.31. The monoisotopic (exact) mass is 230 g/mol. The van der Waals surface area contributed by atoms with Gasteiger partial charge in [-0.05, 0) is 5.92 Å². The summed E-state index contributed by atoms with van der Waals surface area (Å²) in [6.45, 7) is 5.41. The van der Waals surface area contributed by atoms with Crippen LogP contribution < -0.4 is 5.32 Å². The van der Waals surface area contributed by atoms with Crippen LogP contribution in [0.25, 0.3) is 0 Å². The van der Waals surface area contributed by atoms with Gasteiger partial charge in [-0.25, -0.2) is 9.59 Å². The molecule has 0 radical (unpaired) electrons. The summed E-state index contributed by atoms with van der Waals surface area (Å²) in [5.74, 6) is -0.651. The van der Waals surface area contributed by atoms with E-state index in [4.69, 9.17) is 9.84 Å². The lowest BCUT2D eigenvalue weighted by atomic mass is 10.2. The molecule has 1 aliphatic heterocycles. The maximum absolute atomic E-state index is 11.6. The Bertz CT molecular complexity index is 268. The first-order valence-electron chi connectivity index (χ1n) is 5.38. The Labute approximate surface area is 94.6 Å². The fraction of sp³-hybridized carbons (Fsp3) is 0.800. The van der Waals surface area contributed by atoms with E-state index in [9.17, 15) is 9.59 Å². The van der Waals surface area contributed by atoms with E-state index in [1.807, 2.05) is 13.8 Å². The van der Waals surface area contributed by atoms with E-state index in [1.54, 1.807) is 0 Å². The van der Waals surface area contributed by atoms with Gasteiger partial charge in [0.1, 0.15) is 0 Å². The van der Waals surface area contributed by atoms with Gasteiger partial charge in [0.2, 0.25) is 0 Å². The number of nitrogens with one attached hydrogen (secondary N) is 1. The third-order valence-corrected chi connectivity index (χ3v) is 2.29. The highest BCUT2D eigenvalue weighted by atomic mass is 16.5. The first-order chi connectivity index (χ1) is 7.50. The standard InChI is InChI=1S/C10H18N2O4/c1-7(2)5-11-10(15)12-3-4-16-8(6-12)9(13)14/h7-8H,3-6H2,1-2H3,(H,11,15)(H,13,14). The molecule has 1 atom stereocenters. The van der Waals surface area contributed by atoms with Crippen LogP contribution >= 0.6 is 0 Å². The molecule has 1 saturated heterocycles. The van der Waals surface area contributed by atoms with E-state index in [0.717, 1.165) is 0 Å². The smallest absolute Gasteiger partial charge is 0.334 e. The van der Waals surface area contributed by atoms with Crippen molar-refractivity contribution in [2.75, 3.05) is 26.2 Å². The van der Waals surface area contributed by atoms with E-state index in [-0.39, 0.29) is 19.2 Å². The summed E-state index contributed by atoms with van der Waals surface area (Å²) in [5.41, 5.74) is 0. The van der Waals surface area contributed by atoms with Crippen LogP contribution in [0, 0.1) is 5.92 Å². The molecule has 1 heterocycles. The van der Waals surface area contributed by atoms with Gasteiger partial charge in [0, 0.05) is 13.1 Å². The molecule has 2 N–H and O–H groups in total. The average Bonchev–Trinajstić information content (AvgIpc) is 2.26. The van der Waals surface area contributed by atoms with Gasteiger partial charge in [-0.1, -0.05) is 13.8 Å². The molecule has 6 nitrogen and oxygen atoms in total. The Balaban J connectivity index is 2.41. The van der Waals surface area contributed by atoms with Gasteiger partial charge in [0.25, 0.3) is 0 Å². The normalized spacial score (nSPS) is 20.9. The molecule has 0 aromatic heterocycles. The highest BCUT2D eigenvalue weighted by Crippen LogP contribution is 2.05. The summed E-state index contributed by atoms with van der Waals surface area (Å²) >= 11 is 0. The summed E-state index contributed by atoms with van der Waals surface area (Å²) in [7, 11) is 0. The van der Waals surface area contributed by atoms with Crippen molar-refractivity contribution < 1.29 is 19.4 Å². The maximum Gasteiger partial charge on any atom is 0.334 e. The van der Waals surface area contributed by atoms with E-state index < -0.39 is 12.1 Å². The topological polar surface area (TPSA) is 78.9 Å². The summed E-state index contributed by atoms with van der Waals surface area (Å²) in [5, 5.41) is 11.5. The molecule has 6 heteroatoms. The second-order valence-electron chi connectivity index (χ2n) is 4.22. The van der Waals surface area contributed by atoms with Crippen molar-refractivity contribution in [3.63, 3.8) is 0 Å². The van der Waals surface area contributed by atoms with Crippen molar-refractivity contribution in [3.05, 3.63) is 0 Å². The van der Waals surface area contributed by atoms with Crippen molar-refractivity contribution in [1.82, 2.24) is 10.2 Å². The molecule has 92 valence electrons. The third kappa shape index (κ3) is 3.69. The molecule has 16 heavy (non-hydrogen) atoms. The number of hydrogen-bond donors (Lipinski definition) is 2. The second-order valence-corrected chi connectivity index (χ2v) is 4.22. The second kappa shape index (κ2) is 5.69. The Morgan fingerprint density at radius 3 is 2.81 bits per heavy atom. The number of amides is 2. The van der Waals surface area contributed by atoms with Gasteiger partial charge in [0.15, 0.2) is 6.10 Å². The third-order valence-electron chi connectivity index (χ3n) is 2.29. The lowest BCUT2D eigenvalue weighted by Crippen LogP contribution is -2.52. The van der Waals surface area contributed by atoms with Crippen molar-refractivity contribution in [2.45, 2.75) is 20.0 Å². The van der Waals surface area contributed by atoms with Crippen LogP contribution in [0.3, 0.4) is 0 Å². The summed E-state index contributed by atoms with van der Waals surface area (Å²) in [6, 6.07) is -0.219. The first kappa shape index (κ1) is 12.8. The minimum absolute atomic E-state index is 0.110. The number of aliphatic carboxylic acids is 1. The molecule has 0 aromatic carbocycles. The van der Waals surface area contributed by atoms with E-state index in [1.165, 1.54) is 4.90 Å². The molecule has 1 rings (SSSR count). The number of nitrogens with zero attached hydrogens (tertiary/aromatic N) is 1. The number of urea groups is 1. The van der Waals surface area contributed by atoms with Crippen molar-refractivity contribution in [1.29, 1.82) is 0 Å². The minimum Gasteiger partial charge on any atom is -0.479 e. The number of carboxylic acids is 1. The van der Waals surface area contributed by atoms with Gasteiger partial charge in [-0.3, -0.25) is 0 Å². The zero-order chi connectivity index (χ0) is 12.1. The molecule has 0 spiro atoms. The highest BCUT2D eigenvalue weighted by Gasteiger charge is 2.28. The predicted molar refractivity (Wildman–Crippen MR) is 57.2 cm³/mol. The van der Waals surface area contributed by atoms with E-state index in [2.05, 4.69) is 5.32 Å². The molecule has 0 aliphatic carbocycles. The lowest BCUT2D eigenvalue weighted by molar-refractivity contribution is -0.154. The number of rotatable bonds is 3. The van der Waals surface area contributed by atoms with Gasteiger partial charge >= 0.3 is 12.0 Å². The zero-order valence-corrected chi connectivity index (χ0v) is 9.60. The minimum atomic E-state index is -1.03. The van der Waals surface area contributed by atoms with Gasteiger partial charge in [0.05, 0.1) is 13.2 Å². The summed E-state index contributed by atoms with van der Waals surface area (Å²) in [4.78, 5) is 23.8. The van der Waals surface area contributed by atoms with Crippen LogP contribution in [0.4, 0.5) is 4.79 Å². The van der Waals surface area contributed by atoms with E-state index >= 15 is 0 Å². The fourth-order valence-electron chi connectivity index (χ4n) is 1.39. The number of carboxylic acid groups (broad SMARTS) is 1. The maximum atomic E-state index is 11.6. The molecule has 1 aliphatic rings. The van der Waals surface area contributed by atoms with Crippen LogP contribution in [0.5, 0.6) is 0 Å². The molecule has 1 unspecified atom stereocenters. The van der Waals surface area contributed by atoms with Crippen LogP contribution in [0.2, 0.25) is 0 Å². The van der Waals surface area contributed by atoms with Crippen LogP contribution in [0.1, 0.15) is 13.8 Å². The molecular weight excluding hydrogens is 212 g/mol. The predicted octanol–water partition coefficient (Wildman–Crippen LogP) is 0.137. The number of ether oxygens (including phenoxy) is 1. The van der Waals surface area contributed by atoms with Crippen LogP contribution in [0.15, 0.2) is 0 Å². The number of carbonyl (C=O) groups is 2. The Hall–Kier alpha value is -1.30. The highest BCUT2D eigenvalue weighted by molar-refractivity contribution is 5.77. The Morgan fingerprint density at radius 1 is 1.56 bits per heavy atom. The number of morpholine rings is 1. The zero-order valence-electron chi connectivity index (χ0n) is 9.60. The first-order valence-corrected chi connectivity index (χ1v) is 5.38. The van der Waals surface area contributed by atoms with Gasteiger partial charge in [-0.2, -0.15) is 0 Å². The van der Waals surface area contributed by atoms with Crippen LogP contribution in [-0.4, -0.2) is 54.4 Å². The molecule has 0 saturated carbocycles. The molecular formula is C10H18N2O4. The van der Waals surface area contributed by atoms with E-state index in [0.29, 0.717) is 19.0 Å². The van der Waals surface area contributed by atoms with Crippen molar-refractivity contribution in [2.24, 2.45) is 5.92 Å². The van der Waals surface area contributed by atoms with Crippen molar-refractivity contribution in [3.8, 4) is 0 Å². The molecule has 2 amide bonds. The quantitative estimate of drug-likeness (QED) is 0.722. The molecule has 1 fully saturated rings. The Kier molecular flexibility index (Phi) is 4.54. The average molecular weight is 230 g/mol. The Morgan fingerprint density at radius 2 is 2.25 bits per heavy atom. The molecule has 0 bridgehead atoms. The van der Waals surface area contributed by atoms with Gasteiger partial charge in [-0.15, -0.1) is 0 Å². The largest absolute Gasteiger partial charge is 0.479 e. The number of hydrogen-bond acceptors (Lipinski definition) is 3. The fourth-order valence-corrected chi connectivity index (χ4v) is 1.39. The summed E-state index contributed by atoms with van der Waals surface area (Å²) < 4.78 is 5.02. The molecule has 0 aromatic rings. The van der Waals surface area contributed by atoms with Crippen molar-refractivity contribution >= 4 is 12.0 Å². The summed E-state index contributed by atoms with van der Waals surface area (Å²) in [6.07, 6.45) is -0.904. The van der Waals surface area contributed by atoms with Crippen LogP contribution in [-0.2, 0) is 9.53 Å². The SMILES string of the molecule is CC(C)CNC(=O)N1CCOC(C(=O)O)C1. The van der Waals surface area contributed by atoms with Gasteiger partial charge < -0.3 is 20.1 Å².